The summed E-state index contributed by atoms with van der Waals surface area (Å²) < 4.78 is 7.82. The number of hydrogen-bond donors (Lipinski definition) is 1. The van der Waals surface area contributed by atoms with Crippen LogP contribution < -0.4 is 10.1 Å². The number of anilines is 1. The Hall–Kier alpha value is -0.850. The quantitative estimate of drug-likeness (QED) is 0.630. The minimum absolute atomic E-state index is 0.226. The number of aryl methyl sites for hydroxylation is 1. The Morgan fingerprint density at radius 3 is 2.43 bits per heavy atom. The van der Waals surface area contributed by atoms with Gasteiger partial charge in [-0.2, -0.15) is 0 Å². The summed E-state index contributed by atoms with van der Waals surface area (Å²) in [7, 11) is 1.54. The summed E-state index contributed by atoms with van der Waals surface area (Å²) in [5.41, 5.74) is 2.24. The van der Waals surface area contributed by atoms with E-state index in [1.165, 1.54) is 7.11 Å². The molecular formula is C15H12Br3NO2. The first-order chi connectivity index (χ1) is 9.92. The summed E-state index contributed by atoms with van der Waals surface area (Å²) in [6.07, 6.45) is 0. The van der Waals surface area contributed by atoms with E-state index in [-0.39, 0.29) is 5.91 Å². The van der Waals surface area contributed by atoms with Crippen molar-refractivity contribution in [2.45, 2.75) is 6.92 Å². The van der Waals surface area contributed by atoms with E-state index in [0.29, 0.717) is 11.3 Å². The zero-order valence-corrected chi connectivity index (χ0v) is 16.1. The van der Waals surface area contributed by atoms with Gasteiger partial charge in [-0.25, -0.2) is 0 Å². The van der Waals surface area contributed by atoms with Crippen molar-refractivity contribution in [1.82, 2.24) is 0 Å². The lowest BCUT2D eigenvalue weighted by molar-refractivity contribution is 0.102. The van der Waals surface area contributed by atoms with E-state index in [1.807, 2.05) is 31.2 Å². The first kappa shape index (κ1) is 16.5. The zero-order valence-electron chi connectivity index (χ0n) is 11.3. The molecule has 0 atom stereocenters. The Morgan fingerprint density at radius 1 is 1.10 bits per heavy atom. The molecule has 0 aliphatic rings. The van der Waals surface area contributed by atoms with Crippen LogP contribution in [-0.2, 0) is 0 Å². The van der Waals surface area contributed by atoms with E-state index in [4.69, 9.17) is 4.74 Å². The second-order valence-electron chi connectivity index (χ2n) is 4.39. The first-order valence-electron chi connectivity index (χ1n) is 6.03. The fourth-order valence-electron chi connectivity index (χ4n) is 1.86. The second kappa shape index (κ2) is 6.94. The van der Waals surface area contributed by atoms with Crippen LogP contribution in [0, 0.1) is 6.92 Å². The molecule has 3 nitrogen and oxygen atoms in total. The normalized spacial score (nSPS) is 10.3. The average Bonchev–Trinajstić information content (AvgIpc) is 2.42. The van der Waals surface area contributed by atoms with Crippen molar-refractivity contribution in [1.29, 1.82) is 0 Å². The number of rotatable bonds is 3. The molecule has 6 heteroatoms. The first-order valence-corrected chi connectivity index (χ1v) is 8.41. The molecule has 0 saturated carbocycles. The van der Waals surface area contributed by atoms with Crippen molar-refractivity contribution in [3.63, 3.8) is 0 Å². The molecule has 21 heavy (non-hydrogen) atoms. The molecular weight excluding hydrogens is 466 g/mol. The highest BCUT2D eigenvalue weighted by atomic mass is 79.9. The number of benzene rings is 2. The van der Waals surface area contributed by atoms with Gasteiger partial charge in [0.15, 0.2) is 0 Å². The third-order valence-electron chi connectivity index (χ3n) is 2.87. The van der Waals surface area contributed by atoms with Crippen LogP contribution >= 0.6 is 47.8 Å². The van der Waals surface area contributed by atoms with E-state index in [9.17, 15) is 4.79 Å². The van der Waals surface area contributed by atoms with E-state index >= 15 is 0 Å². The van der Waals surface area contributed by atoms with E-state index in [0.717, 1.165) is 24.7 Å². The number of nitrogens with one attached hydrogen (secondary N) is 1. The summed E-state index contributed by atoms with van der Waals surface area (Å²) in [6, 6.07) is 9.21. The maximum Gasteiger partial charge on any atom is 0.259 e. The maximum absolute atomic E-state index is 12.4. The van der Waals surface area contributed by atoms with Gasteiger partial charge < -0.3 is 10.1 Å². The summed E-state index contributed by atoms with van der Waals surface area (Å²) in [6.45, 7) is 1.97. The molecule has 0 aliphatic heterocycles. The number of carbonyl (C=O) groups is 1. The van der Waals surface area contributed by atoms with Crippen molar-refractivity contribution in [2.24, 2.45) is 0 Å². The van der Waals surface area contributed by atoms with Crippen LogP contribution in [0.15, 0.2) is 43.7 Å². The van der Waals surface area contributed by atoms with Gasteiger partial charge in [0.2, 0.25) is 0 Å². The van der Waals surface area contributed by atoms with Crippen LogP contribution in [0.25, 0.3) is 0 Å². The van der Waals surface area contributed by atoms with Crippen molar-refractivity contribution in [2.75, 3.05) is 12.4 Å². The van der Waals surface area contributed by atoms with E-state index in [1.54, 1.807) is 6.07 Å². The summed E-state index contributed by atoms with van der Waals surface area (Å²) in [5, 5.41) is 2.87. The van der Waals surface area contributed by atoms with Gasteiger partial charge in [0, 0.05) is 14.6 Å². The fourth-order valence-corrected chi connectivity index (χ4v) is 3.49. The van der Waals surface area contributed by atoms with Crippen molar-refractivity contribution >= 4 is 59.4 Å². The average molecular weight is 478 g/mol. The topological polar surface area (TPSA) is 38.3 Å². The third kappa shape index (κ3) is 3.87. The lowest BCUT2D eigenvalue weighted by Crippen LogP contribution is -2.13. The predicted octanol–water partition coefficient (Wildman–Crippen LogP) is 5.54. The predicted molar refractivity (Wildman–Crippen MR) is 95.2 cm³/mol. The monoisotopic (exact) mass is 475 g/mol. The molecule has 0 bridgehead atoms. The van der Waals surface area contributed by atoms with Crippen molar-refractivity contribution < 1.29 is 9.53 Å². The molecule has 1 amide bonds. The Kier molecular flexibility index (Phi) is 5.46. The van der Waals surface area contributed by atoms with Crippen LogP contribution in [0.2, 0.25) is 0 Å². The number of carbonyl (C=O) groups excluding carboxylic acids is 1. The highest BCUT2D eigenvalue weighted by Gasteiger charge is 2.16. The molecule has 1 N–H and O–H groups in total. The van der Waals surface area contributed by atoms with Gasteiger partial charge in [0.25, 0.3) is 5.91 Å². The van der Waals surface area contributed by atoms with Gasteiger partial charge in [0.1, 0.15) is 5.75 Å². The standard InChI is InChI=1S/C15H12Br3NO2/c1-8-5-10(3-4-12(8)17)19-15(20)11-6-9(16)7-13(18)14(11)21-2/h3-7H,1-2H3,(H,19,20). The van der Waals surface area contributed by atoms with Crippen LogP contribution in [0.1, 0.15) is 15.9 Å². The zero-order chi connectivity index (χ0) is 15.6. The van der Waals surface area contributed by atoms with Crippen molar-refractivity contribution in [3.8, 4) is 5.75 Å². The molecule has 2 rings (SSSR count). The van der Waals surface area contributed by atoms with E-state index < -0.39 is 0 Å². The molecule has 110 valence electrons. The molecule has 2 aromatic rings. The van der Waals surface area contributed by atoms with Gasteiger partial charge in [-0.3, -0.25) is 4.79 Å². The van der Waals surface area contributed by atoms with Crippen LogP contribution in [0.5, 0.6) is 5.75 Å². The van der Waals surface area contributed by atoms with Gasteiger partial charge in [-0.15, -0.1) is 0 Å². The molecule has 0 aromatic heterocycles. The van der Waals surface area contributed by atoms with Crippen molar-refractivity contribution in [3.05, 3.63) is 54.9 Å². The molecule has 0 unspecified atom stereocenters. The SMILES string of the molecule is COc1c(Br)cc(Br)cc1C(=O)Nc1ccc(Br)c(C)c1. The number of methoxy groups -OCH3 is 1. The number of hydrogen-bond acceptors (Lipinski definition) is 2. The van der Waals surface area contributed by atoms with Gasteiger partial charge >= 0.3 is 0 Å². The molecule has 0 heterocycles. The molecule has 2 aromatic carbocycles. The lowest BCUT2D eigenvalue weighted by atomic mass is 10.1. The summed E-state index contributed by atoms with van der Waals surface area (Å²) in [4.78, 5) is 12.4. The Bertz CT molecular complexity index is 702. The number of amides is 1. The third-order valence-corrected chi connectivity index (χ3v) is 4.81. The highest BCUT2D eigenvalue weighted by Crippen LogP contribution is 2.33. The minimum atomic E-state index is -0.226. The maximum atomic E-state index is 12.4. The molecule has 0 saturated heterocycles. The smallest absolute Gasteiger partial charge is 0.259 e. The summed E-state index contributed by atoms with van der Waals surface area (Å²) in [5.74, 6) is 0.278. The van der Waals surface area contributed by atoms with Crippen LogP contribution in [-0.4, -0.2) is 13.0 Å². The Balaban J connectivity index is 2.34. The van der Waals surface area contributed by atoms with Crippen LogP contribution in [0.4, 0.5) is 5.69 Å². The Morgan fingerprint density at radius 2 is 1.81 bits per heavy atom. The van der Waals surface area contributed by atoms with Gasteiger partial charge in [0.05, 0.1) is 17.1 Å². The number of halogens is 3. The largest absolute Gasteiger partial charge is 0.495 e. The lowest BCUT2D eigenvalue weighted by Gasteiger charge is -2.12. The molecule has 0 fully saturated rings. The molecule has 0 radical (unpaired) electrons. The minimum Gasteiger partial charge on any atom is -0.495 e. The van der Waals surface area contributed by atoms with Gasteiger partial charge in [-0.05, 0) is 58.7 Å². The highest BCUT2D eigenvalue weighted by molar-refractivity contribution is 9.11. The fraction of sp³-hybridized carbons (Fsp3) is 0.133. The van der Waals surface area contributed by atoms with Gasteiger partial charge in [-0.1, -0.05) is 31.9 Å². The molecule has 0 spiro atoms. The van der Waals surface area contributed by atoms with E-state index in [2.05, 4.69) is 53.1 Å². The summed E-state index contributed by atoms with van der Waals surface area (Å²) >= 11 is 10.2. The number of ether oxygens (including phenoxy) is 1. The molecule has 0 aliphatic carbocycles. The second-order valence-corrected chi connectivity index (χ2v) is 7.01. The Labute approximate surface area is 148 Å². The van der Waals surface area contributed by atoms with Crippen LogP contribution in [0.3, 0.4) is 0 Å².